The van der Waals surface area contributed by atoms with E-state index >= 15 is 0 Å². The third-order valence-corrected chi connectivity index (χ3v) is 2.94. The van der Waals surface area contributed by atoms with Gasteiger partial charge < -0.3 is 10.8 Å². The number of rotatable bonds is 12. The summed E-state index contributed by atoms with van der Waals surface area (Å²) in [6, 6.07) is 0. The Morgan fingerprint density at radius 3 is 1.83 bits per heavy atom. The summed E-state index contributed by atoms with van der Waals surface area (Å²) in [4.78, 5) is 10.2. The fourth-order valence-electron chi connectivity index (χ4n) is 1.84. The molecule has 0 aliphatic carbocycles. The third kappa shape index (κ3) is 11.6. The van der Waals surface area contributed by atoms with E-state index in [4.69, 9.17) is 10.8 Å². The maximum atomic E-state index is 12.6. The first-order valence-corrected chi connectivity index (χ1v) is 6.97. The molecule has 0 aromatic carbocycles. The fraction of sp³-hybridized carbons (Fsp3) is 0.786. The highest BCUT2D eigenvalue weighted by Gasteiger charge is 2.02. The molecule has 0 aromatic heterocycles. The summed E-state index contributed by atoms with van der Waals surface area (Å²) in [6.45, 7) is 0.792. The minimum atomic E-state index is -1.47. The zero-order valence-electron chi connectivity index (χ0n) is 11.2. The van der Waals surface area contributed by atoms with Crippen molar-refractivity contribution < 1.29 is 14.3 Å². The first-order chi connectivity index (χ1) is 8.68. The van der Waals surface area contributed by atoms with Crippen molar-refractivity contribution in [1.82, 2.24) is 0 Å². The lowest BCUT2D eigenvalue weighted by molar-refractivity contribution is -0.134. The van der Waals surface area contributed by atoms with Crippen molar-refractivity contribution in [3.05, 3.63) is 11.9 Å². The molecule has 18 heavy (non-hydrogen) atoms. The van der Waals surface area contributed by atoms with Gasteiger partial charge in [0, 0.05) is 0 Å². The molecule has 0 radical (unpaired) electrons. The maximum Gasteiger partial charge on any atom is 0.364 e. The Balaban J connectivity index is 3.17. The van der Waals surface area contributed by atoms with E-state index in [-0.39, 0.29) is 0 Å². The lowest BCUT2D eigenvalue weighted by atomic mass is 10.1. The third-order valence-electron chi connectivity index (χ3n) is 2.94. The number of hydrogen-bond acceptors (Lipinski definition) is 2. The highest BCUT2D eigenvalue weighted by molar-refractivity contribution is 5.83. The van der Waals surface area contributed by atoms with Crippen molar-refractivity contribution in [2.75, 3.05) is 6.54 Å². The van der Waals surface area contributed by atoms with Gasteiger partial charge >= 0.3 is 5.97 Å². The van der Waals surface area contributed by atoms with Gasteiger partial charge in [-0.05, 0) is 31.9 Å². The van der Waals surface area contributed by atoms with E-state index in [2.05, 4.69) is 0 Å². The molecule has 3 nitrogen and oxygen atoms in total. The quantitative estimate of drug-likeness (QED) is 0.414. The molecule has 0 amide bonds. The molecule has 0 spiro atoms. The average Bonchev–Trinajstić information content (AvgIpc) is 2.35. The van der Waals surface area contributed by atoms with Gasteiger partial charge in [-0.25, -0.2) is 4.79 Å². The van der Waals surface area contributed by atoms with E-state index in [1.807, 2.05) is 0 Å². The molecule has 0 heterocycles. The fourth-order valence-corrected chi connectivity index (χ4v) is 1.84. The molecule has 0 atom stereocenters. The van der Waals surface area contributed by atoms with E-state index in [9.17, 15) is 9.18 Å². The molecule has 0 aliphatic heterocycles. The molecule has 106 valence electrons. The first kappa shape index (κ1) is 17.1. The van der Waals surface area contributed by atoms with E-state index in [1.165, 1.54) is 32.1 Å². The lowest BCUT2D eigenvalue weighted by Gasteiger charge is -2.01. The topological polar surface area (TPSA) is 63.3 Å². The smallest absolute Gasteiger partial charge is 0.364 e. The second-order valence-corrected chi connectivity index (χ2v) is 4.62. The SMILES string of the molecule is NCCCCCCCCCCC/C=C(/F)C(=O)O. The molecule has 0 aromatic rings. The van der Waals surface area contributed by atoms with Crippen molar-refractivity contribution in [3.8, 4) is 0 Å². The largest absolute Gasteiger partial charge is 0.476 e. The molecule has 4 heteroatoms. The molecule has 0 unspecified atom stereocenters. The highest BCUT2D eigenvalue weighted by Crippen LogP contribution is 2.11. The van der Waals surface area contributed by atoms with Gasteiger partial charge in [0.25, 0.3) is 0 Å². The van der Waals surface area contributed by atoms with Crippen LogP contribution < -0.4 is 5.73 Å². The number of nitrogens with two attached hydrogens (primary N) is 1. The molecule has 0 rings (SSSR count). The predicted molar refractivity (Wildman–Crippen MR) is 72.1 cm³/mol. The summed E-state index contributed by atoms with van der Waals surface area (Å²) in [7, 11) is 0. The van der Waals surface area contributed by atoms with E-state index < -0.39 is 11.8 Å². The van der Waals surface area contributed by atoms with Crippen LogP contribution in [0.5, 0.6) is 0 Å². The van der Waals surface area contributed by atoms with Crippen molar-refractivity contribution in [2.24, 2.45) is 5.73 Å². The number of allylic oxidation sites excluding steroid dienone is 1. The van der Waals surface area contributed by atoms with Crippen LogP contribution in [0.4, 0.5) is 4.39 Å². The highest BCUT2D eigenvalue weighted by atomic mass is 19.1. The van der Waals surface area contributed by atoms with Crippen molar-refractivity contribution in [2.45, 2.75) is 64.2 Å². The summed E-state index contributed by atoms with van der Waals surface area (Å²) in [6.07, 6.45) is 12.1. The number of carboxylic acid groups (broad SMARTS) is 1. The Hall–Kier alpha value is -0.900. The summed E-state index contributed by atoms with van der Waals surface area (Å²) < 4.78 is 12.6. The van der Waals surface area contributed by atoms with Crippen molar-refractivity contribution in [1.29, 1.82) is 0 Å². The number of unbranched alkanes of at least 4 members (excludes halogenated alkanes) is 9. The van der Waals surface area contributed by atoms with Crippen LogP contribution in [0.25, 0.3) is 0 Å². The van der Waals surface area contributed by atoms with Crippen LogP contribution in [0.1, 0.15) is 64.2 Å². The molecule has 0 bridgehead atoms. The number of halogens is 1. The Bertz CT molecular complexity index is 242. The summed E-state index contributed by atoms with van der Waals surface area (Å²) in [5.41, 5.74) is 5.41. The second kappa shape index (κ2) is 12.6. The average molecular weight is 259 g/mol. The summed E-state index contributed by atoms with van der Waals surface area (Å²) in [5.74, 6) is -2.50. The number of hydrogen-bond donors (Lipinski definition) is 2. The Kier molecular flexibility index (Phi) is 11.9. The minimum absolute atomic E-state index is 0.522. The normalized spacial score (nSPS) is 11.8. The standard InChI is InChI=1S/C14H26FNO2/c15-13(14(17)18)11-9-7-5-3-1-2-4-6-8-10-12-16/h11H,1-10,12,16H2,(H,17,18)/b13-11+. The van der Waals surface area contributed by atoms with Crippen LogP contribution in [0.15, 0.2) is 11.9 Å². The van der Waals surface area contributed by atoms with E-state index in [0.717, 1.165) is 38.3 Å². The zero-order chi connectivity index (χ0) is 13.6. The van der Waals surface area contributed by atoms with Crippen LogP contribution in [0, 0.1) is 0 Å². The Morgan fingerprint density at radius 2 is 1.39 bits per heavy atom. The molecule has 0 aliphatic rings. The van der Waals surface area contributed by atoms with Crippen LogP contribution >= 0.6 is 0 Å². The maximum absolute atomic E-state index is 12.6. The van der Waals surface area contributed by atoms with Gasteiger partial charge in [0.2, 0.25) is 5.83 Å². The van der Waals surface area contributed by atoms with Crippen LogP contribution in [0.2, 0.25) is 0 Å². The van der Waals surface area contributed by atoms with Gasteiger partial charge in [0.05, 0.1) is 0 Å². The summed E-state index contributed by atoms with van der Waals surface area (Å²) in [5, 5.41) is 8.29. The van der Waals surface area contributed by atoms with Crippen molar-refractivity contribution >= 4 is 5.97 Å². The zero-order valence-corrected chi connectivity index (χ0v) is 11.2. The van der Waals surface area contributed by atoms with Crippen molar-refractivity contribution in [3.63, 3.8) is 0 Å². The molecule has 3 N–H and O–H groups in total. The van der Waals surface area contributed by atoms with E-state index in [0.29, 0.717) is 6.42 Å². The van der Waals surface area contributed by atoms with Crippen LogP contribution in [0.3, 0.4) is 0 Å². The first-order valence-electron chi connectivity index (χ1n) is 6.97. The predicted octanol–water partition coefficient (Wildman–Crippen LogP) is 3.78. The Labute approximate surface area is 109 Å². The minimum Gasteiger partial charge on any atom is -0.476 e. The van der Waals surface area contributed by atoms with Gasteiger partial charge in [0.1, 0.15) is 0 Å². The molecule has 0 fully saturated rings. The van der Waals surface area contributed by atoms with Crippen LogP contribution in [-0.4, -0.2) is 17.6 Å². The monoisotopic (exact) mass is 259 g/mol. The molecule has 0 saturated heterocycles. The number of aliphatic carboxylic acids is 1. The van der Waals surface area contributed by atoms with Gasteiger partial charge in [-0.2, -0.15) is 4.39 Å². The van der Waals surface area contributed by atoms with E-state index in [1.54, 1.807) is 0 Å². The Morgan fingerprint density at radius 1 is 0.944 bits per heavy atom. The molecule has 0 saturated carbocycles. The van der Waals surface area contributed by atoms with Crippen LogP contribution in [-0.2, 0) is 4.79 Å². The molecular weight excluding hydrogens is 233 g/mol. The molecular formula is C14H26FNO2. The van der Waals surface area contributed by atoms with Gasteiger partial charge in [-0.3, -0.25) is 0 Å². The number of carboxylic acids is 1. The summed E-state index contributed by atoms with van der Waals surface area (Å²) >= 11 is 0. The number of carbonyl (C=O) groups is 1. The van der Waals surface area contributed by atoms with Gasteiger partial charge in [0.15, 0.2) is 0 Å². The van der Waals surface area contributed by atoms with Gasteiger partial charge in [-0.15, -0.1) is 0 Å². The van der Waals surface area contributed by atoms with Gasteiger partial charge in [-0.1, -0.05) is 44.9 Å². The lowest BCUT2D eigenvalue weighted by Crippen LogP contribution is -1.97. The second-order valence-electron chi connectivity index (χ2n) is 4.62.